The normalized spacial score (nSPS) is 18.2. The number of benzene rings is 1. The Bertz CT molecular complexity index is 716. The van der Waals surface area contributed by atoms with Gasteiger partial charge in [-0.1, -0.05) is 28.9 Å². The second-order valence-electron chi connectivity index (χ2n) is 6.77. The van der Waals surface area contributed by atoms with Gasteiger partial charge in [-0.25, -0.2) is 0 Å². The van der Waals surface area contributed by atoms with E-state index in [-0.39, 0.29) is 5.91 Å². The molecule has 6 heteroatoms. The molecule has 0 bridgehead atoms. The number of carbonyl (C=O) groups is 1. The molecule has 25 heavy (non-hydrogen) atoms. The van der Waals surface area contributed by atoms with Gasteiger partial charge in [-0.05, 0) is 50.9 Å². The van der Waals surface area contributed by atoms with Crippen LogP contribution in [0.25, 0.3) is 11.3 Å². The first-order valence-corrected chi connectivity index (χ1v) is 9.15. The molecule has 3 rings (SSSR count). The van der Waals surface area contributed by atoms with E-state index in [4.69, 9.17) is 16.1 Å². The Hall–Kier alpha value is -1.85. The van der Waals surface area contributed by atoms with Crippen molar-refractivity contribution in [1.29, 1.82) is 0 Å². The van der Waals surface area contributed by atoms with Crippen molar-refractivity contribution in [3.8, 4) is 11.3 Å². The number of nitrogens with zero attached hydrogens (tertiary/aromatic N) is 2. The van der Waals surface area contributed by atoms with Gasteiger partial charge in [-0.3, -0.25) is 4.79 Å². The van der Waals surface area contributed by atoms with Gasteiger partial charge in [0.2, 0.25) is 5.91 Å². The summed E-state index contributed by atoms with van der Waals surface area (Å²) in [5, 5.41) is 7.61. The lowest BCUT2D eigenvalue weighted by Crippen LogP contribution is -2.33. The summed E-state index contributed by atoms with van der Waals surface area (Å²) in [6.45, 7) is 2.62. The molecule has 1 aromatic carbocycles. The first-order chi connectivity index (χ1) is 12.1. The maximum absolute atomic E-state index is 12.1. The Morgan fingerprint density at radius 2 is 2.32 bits per heavy atom. The van der Waals surface area contributed by atoms with E-state index in [1.54, 1.807) is 0 Å². The van der Waals surface area contributed by atoms with Crippen LogP contribution in [-0.4, -0.2) is 36.1 Å². The summed E-state index contributed by atoms with van der Waals surface area (Å²) >= 11 is 5.99. The van der Waals surface area contributed by atoms with Crippen molar-refractivity contribution in [3.05, 3.63) is 41.1 Å². The molecule has 1 amide bonds. The van der Waals surface area contributed by atoms with Gasteiger partial charge in [0.15, 0.2) is 5.76 Å². The lowest BCUT2D eigenvalue weighted by Gasteiger charge is -2.29. The van der Waals surface area contributed by atoms with Gasteiger partial charge in [0.05, 0.1) is 6.54 Å². The zero-order chi connectivity index (χ0) is 17.6. The van der Waals surface area contributed by atoms with Crippen molar-refractivity contribution in [2.75, 3.05) is 20.1 Å². The fourth-order valence-corrected chi connectivity index (χ4v) is 3.49. The zero-order valence-electron chi connectivity index (χ0n) is 14.5. The Labute approximate surface area is 153 Å². The van der Waals surface area contributed by atoms with Crippen LogP contribution in [-0.2, 0) is 11.3 Å². The Morgan fingerprint density at radius 1 is 1.44 bits per heavy atom. The van der Waals surface area contributed by atoms with Gasteiger partial charge in [0.1, 0.15) is 5.69 Å². The van der Waals surface area contributed by atoms with E-state index < -0.39 is 0 Å². The minimum Gasteiger partial charge on any atom is -0.359 e. The Kier molecular flexibility index (Phi) is 6.10. The molecular formula is C19H24ClN3O2. The molecule has 1 aliphatic rings. The number of hydrogen-bond donors (Lipinski definition) is 1. The molecule has 2 heterocycles. The summed E-state index contributed by atoms with van der Waals surface area (Å²) in [5.74, 6) is 1.33. The third-order valence-corrected chi connectivity index (χ3v) is 4.88. The van der Waals surface area contributed by atoms with Crippen LogP contribution in [0.4, 0.5) is 0 Å². The number of likely N-dealkylation sites (tertiary alicyclic amines) is 1. The molecule has 0 saturated carbocycles. The molecule has 1 atom stereocenters. The Balaban J connectivity index is 1.45. The number of carbonyl (C=O) groups excluding carboxylic acids is 1. The number of aromatic nitrogens is 1. The maximum Gasteiger partial charge on any atom is 0.220 e. The molecule has 1 N–H and O–H groups in total. The molecule has 0 radical (unpaired) electrons. The maximum atomic E-state index is 12.1. The van der Waals surface area contributed by atoms with E-state index in [0.29, 0.717) is 29.7 Å². The molecule has 5 nitrogen and oxygen atoms in total. The van der Waals surface area contributed by atoms with Crippen LogP contribution >= 0.6 is 11.6 Å². The average Bonchev–Trinajstić information content (AvgIpc) is 3.07. The van der Waals surface area contributed by atoms with Crippen molar-refractivity contribution >= 4 is 17.5 Å². The van der Waals surface area contributed by atoms with Gasteiger partial charge < -0.3 is 14.7 Å². The second-order valence-corrected chi connectivity index (χ2v) is 7.21. The highest BCUT2D eigenvalue weighted by Crippen LogP contribution is 2.22. The van der Waals surface area contributed by atoms with Gasteiger partial charge in [-0.15, -0.1) is 0 Å². The molecule has 0 aliphatic carbocycles. The van der Waals surface area contributed by atoms with E-state index in [9.17, 15) is 4.79 Å². The summed E-state index contributed by atoms with van der Waals surface area (Å²) in [4.78, 5) is 14.4. The summed E-state index contributed by atoms with van der Waals surface area (Å²) in [5.41, 5.74) is 1.62. The van der Waals surface area contributed by atoms with Crippen LogP contribution < -0.4 is 5.32 Å². The molecule has 0 spiro atoms. The average molecular weight is 362 g/mol. The van der Waals surface area contributed by atoms with Gasteiger partial charge in [-0.2, -0.15) is 0 Å². The highest BCUT2D eigenvalue weighted by atomic mass is 35.5. The van der Waals surface area contributed by atoms with Gasteiger partial charge >= 0.3 is 0 Å². The van der Waals surface area contributed by atoms with E-state index in [0.717, 1.165) is 24.2 Å². The largest absolute Gasteiger partial charge is 0.359 e. The topological polar surface area (TPSA) is 58.4 Å². The van der Waals surface area contributed by atoms with Crippen LogP contribution in [0.3, 0.4) is 0 Å². The van der Waals surface area contributed by atoms with Crippen molar-refractivity contribution in [2.24, 2.45) is 5.92 Å². The van der Waals surface area contributed by atoms with Crippen molar-refractivity contribution < 1.29 is 9.32 Å². The third kappa shape index (κ3) is 5.31. The predicted molar refractivity (Wildman–Crippen MR) is 98.3 cm³/mol. The van der Waals surface area contributed by atoms with Gasteiger partial charge in [0, 0.05) is 29.6 Å². The highest BCUT2D eigenvalue weighted by molar-refractivity contribution is 6.30. The summed E-state index contributed by atoms with van der Waals surface area (Å²) in [6.07, 6.45) is 3.96. The highest BCUT2D eigenvalue weighted by Gasteiger charge is 2.18. The number of halogens is 1. The molecule has 1 saturated heterocycles. The monoisotopic (exact) mass is 361 g/mol. The number of hydrogen-bond acceptors (Lipinski definition) is 4. The molecular weight excluding hydrogens is 338 g/mol. The SMILES string of the molecule is CN1CCC[C@H](CCC(=O)NCc2cc(-c3cccc(Cl)c3)no2)C1. The number of amides is 1. The molecule has 1 fully saturated rings. The predicted octanol–water partition coefficient (Wildman–Crippen LogP) is 3.73. The first-order valence-electron chi connectivity index (χ1n) is 8.77. The quantitative estimate of drug-likeness (QED) is 0.851. The molecule has 2 aromatic rings. The van der Waals surface area contributed by atoms with E-state index in [2.05, 4.69) is 22.4 Å². The van der Waals surface area contributed by atoms with E-state index in [1.165, 1.54) is 19.4 Å². The summed E-state index contributed by atoms with van der Waals surface area (Å²) in [6, 6.07) is 9.28. The standard InChI is InChI=1S/C19H24ClN3O2/c1-23-9-3-4-14(13-23)7-8-19(24)21-12-17-11-18(22-25-17)15-5-2-6-16(20)10-15/h2,5-6,10-11,14H,3-4,7-9,12-13H2,1H3,(H,21,24)/t14-/m1/s1. The fraction of sp³-hybridized carbons (Fsp3) is 0.474. The zero-order valence-corrected chi connectivity index (χ0v) is 15.3. The van der Waals surface area contributed by atoms with E-state index in [1.807, 2.05) is 30.3 Å². The Morgan fingerprint density at radius 3 is 3.12 bits per heavy atom. The summed E-state index contributed by atoms with van der Waals surface area (Å²) < 4.78 is 5.30. The lowest BCUT2D eigenvalue weighted by atomic mass is 9.93. The van der Waals surface area contributed by atoms with Crippen LogP contribution in [0.15, 0.2) is 34.9 Å². The molecule has 1 aromatic heterocycles. The van der Waals surface area contributed by atoms with Crippen LogP contribution in [0.2, 0.25) is 5.02 Å². The first kappa shape index (κ1) is 18.0. The lowest BCUT2D eigenvalue weighted by molar-refractivity contribution is -0.121. The molecule has 134 valence electrons. The minimum absolute atomic E-state index is 0.0638. The van der Waals surface area contributed by atoms with E-state index >= 15 is 0 Å². The van der Waals surface area contributed by atoms with Crippen LogP contribution in [0, 0.1) is 5.92 Å². The second kappa shape index (κ2) is 8.50. The van der Waals surface area contributed by atoms with Crippen molar-refractivity contribution in [2.45, 2.75) is 32.2 Å². The van der Waals surface area contributed by atoms with Crippen molar-refractivity contribution in [1.82, 2.24) is 15.4 Å². The third-order valence-electron chi connectivity index (χ3n) is 4.64. The summed E-state index contributed by atoms with van der Waals surface area (Å²) in [7, 11) is 2.15. The minimum atomic E-state index is 0.0638. The van der Waals surface area contributed by atoms with Crippen molar-refractivity contribution in [3.63, 3.8) is 0 Å². The number of nitrogens with one attached hydrogen (secondary N) is 1. The molecule has 1 aliphatic heterocycles. The smallest absolute Gasteiger partial charge is 0.220 e. The number of piperidine rings is 1. The molecule has 0 unspecified atom stereocenters. The fourth-order valence-electron chi connectivity index (χ4n) is 3.30. The van der Waals surface area contributed by atoms with Crippen LogP contribution in [0.5, 0.6) is 0 Å². The van der Waals surface area contributed by atoms with Crippen LogP contribution in [0.1, 0.15) is 31.4 Å². The number of rotatable bonds is 6. The van der Waals surface area contributed by atoms with Gasteiger partial charge in [0.25, 0.3) is 0 Å².